The lowest BCUT2D eigenvalue weighted by Crippen LogP contribution is -3.00. The molecule has 0 atom stereocenters. The average molecular weight is 370 g/mol. The lowest BCUT2D eigenvalue weighted by atomic mass is 10.2. The van der Waals surface area contributed by atoms with Gasteiger partial charge >= 0.3 is 0 Å². The van der Waals surface area contributed by atoms with Crippen molar-refractivity contribution in [3.8, 4) is 0 Å². The van der Waals surface area contributed by atoms with E-state index >= 15 is 0 Å². The van der Waals surface area contributed by atoms with Gasteiger partial charge in [0.25, 0.3) is 0 Å². The summed E-state index contributed by atoms with van der Waals surface area (Å²) in [5.41, 5.74) is 1.32. The zero-order valence-electron chi connectivity index (χ0n) is 10.7. The maximum absolute atomic E-state index is 5.32. The molecule has 3 nitrogen and oxygen atoms in total. The van der Waals surface area contributed by atoms with Crippen LogP contribution in [0.25, 0.3) is 0 Å². The Hall–Kier alpha value is 0.160. The van der Waals surface area contributed by atoms with Crippen LogP contribution < -0.4 is 30.1 Å². The lowest BCUT2D eigenvalue weighted by molar-refractivity contribution is -0.001000. The molecule has 0 radical (unpaired) electrons. The number of benzene rings is 1. The molecule has 110 valence electrons. The molecule has 1 heterocycles. The first kappa shape index (κ1) is 19.2. The first-order valence-electron chi connectivity index (χ1n) is 6.10. The molecule has 0 bridgehead atoms. The van der Waals surface area contributed by atoms with E-state index in [4.69, 9.17) is 4.74 Å². The monoisotopic (exact) mass is 368 g/mol. The summed E-state index contributed by atoms with van der Waals surface area (Å²) in [5, 5.41) is 3.47. The van der Waals surface area contributed by atoms with E-state index in [1.54, 1.807) is 0 Å². The summed E-state index contributed by atoms with van der Waals surface area (Å²) in [6, 6.07) is 8.43. The minimum Gasteiger partial charge on any atom is -1.00 e. The SMILES string of the molecule is Brc1cccc(CNCCN2CCOCC2)c1.[Cl-].[Cl-]. The molecule has 0 aromatic heterocycles. The second-order valence-corrected chi connectivity index (χ2v) is 5.18. The highest BCUT2D eigenvalue weighted by Crippen LogP contribution is 2.11. The molecule has 0 unspecified atom stereocenters. The van der Waals surface area contributed by atoms with Crippen LogP contribution in [0.1, 0.15) is 5.56 Å². The Kier molecular flexibility index (Phi) is 11.0. The van der Waals surface area contributed by atoms with Crippen molar-refractivity contribution >= 4 is 15.9 Å². The summed E-state index contributed by atoms with van der Waals surface area (Å²) in [7, 11) is 0. The molecular formula is C13H19BrCl2N2O-2. The predicted octanol–water partition coefficient (Wildman–Crippen LogP) is -4.12. The first-order valence-corrected chi connectivity index (χ1v) is 6.89. The molecule has 0 aliphatic carbocycles. The minimum absolute atomic E-state index is 0. The predicted molar refractivity (Wildman–Crippen MR) is 73.1 cm³/mol. The van der Waals surface area contributed by atoms with Gasteiger partial charge in [-0.15, -0.1) is 0 Å². The topological polar surface area (TPSA) is 24.5 Å². The highest BCUT2D eigenvalue weighted by molar-refractivity contribution is 9.10. The van der Waals surface area contributed by atoms with Gasteiger partial charge in [-0.3, -0.25) is 4.90 Å². The standard InChI is InChI=1S/C13H19BrN2O.2ClH/c14-13-3-1-2-12(10-13)11-15-4-5-16-6-8-17-9-7-16;;/h1-3,10,15H,4-9,11H2;2*1H/p-2. The van der Waals surface area contributed by atoms with Gasteiger partial charge in [-0.2, -0.15) is 0 Å². The Morgan fingerprint density at radius 3 is 2.63 bits per heavy atom. The number of ether oxygens (including phenoxy) is 1. The molecular weight excluding hydrogens is 351 g/mol. The summed E-state index contributed by atoms with van der Waals surface area (Å²) in [4.78, 5) is 2.44. The number of hydrogen-bond donors (Lipinski definition) is 1. The fourth-order valence-electron chi connectivity index (χ4n) is 1.94. The molecule has 19 heavy (non-hydrogen) atoms. The van der Waals surface area contributed by atoms with Gasteiger partial charge in [0.2, 0.25) is 0 Å². The van der Waals surface area contributed by atoms with E-state index in [2.05, 4.69) is 50.4 Å². The van der Waals surface area contributed by atoms with E-state index in [0.717, 1.165) is 50.4 Å². The van der Waals surface area contributed by atoms with E-state index in [1.807, 2.05) is 0 Å². The number of nitrogens with zero attached hydrogens (tertiary/aromatic N) is 1. The van der Waals surface area contributed by atoms with Crippen LogP contribution in [-0.4, -0.2) is 44.3 Å². The van der Waals surface area contributed by atoms with E-state index in [9.17, 15) is 0 Å². The number of hydrogen-bond acceptors (Lipinski definition) is 3. The van der Waals surface area contributed by atoms with Crippen LogP contribution in [0.2, 0.25) is 0 Å². The van der Waals surface area contributed by atoms with Gasteiger partial charge in [-0.05, 0) is 17.7 Å². The smallest absolute Gasteiger partial charge is 0.0594 e. The summed E-state index contributed by atoms with van der Waals surface area (Å²) in [6.45, 7) is 6.97. The van der Waals surface area contributed by atoms with Crippen molar-refractivity contribution in [1.29, 1.82) is 0 Å². The highest BCUT2D eigenvalue weighted by Gasteiger charge is 2.08. The van der Waals surface area contributed by atoms with Crippen molar-refractivity contribution in [2.75, 3.05) is 39.4 Å². The summed E-state index contributed by atoms with van der Waals surface area (Å²) in [5.74, 6) is 0. The Morgan fingerprint density at radius 1 is 1.21 bits per heavy atom. The second-order valence-electron chi connectivity index (χ2n) is 4.26. The molecule has 1 saturated heterocycles. The Bertz CT molecular complexity index is 349. The maximum Gasteiger partial charge on any atom is 0.0594 e. The molecule has 1 aromatic carbocycles. The van der Waals surface area contributed by atoms with Gasteiger partial charge in [0, 0.05) is 37.2 Å². The van der Waals surface area contributed by atoms with Gasteiger partial charge in [-0.1, -0.05) is 28.1 Å². The number of nitrogens with one attached hydrogen (secondary N) is 1. The van der Waals surface area contributed by atoms with Crippen molar-refractivity contribution < 1.29 is 29.6 Å². The van der Waals surface area contributed by atoms with E-state index in [0.29, 0.717) is 0 Å². The molecule has 1 fully saturated rings. The fourth-order valence-corrected chi connectivity index (χ4v) is 2.39. The van der Waals surface area contributed by atoms with Crippen molar-refractivity contribution in [3.63, 3.8) is 0 Å². The van der Waals surface area contributed by atoms with Crippen molar-refractivity contribution in [1.82, 2.24) is 10.2 Å². The average Bonchev–Trinajstić information content (AvgIpc) is 2.36. The van der Waals surface area contributed by atoms with Gasteiger partial charge in [0.05, 0.1) is 13.2 Å². The molecule has 0 amide bonds. The molecule has 1 aliphatic rings. The first-order chi connectivity index (χ1) is 8.34. The zero-order valence-corrected chi connectivity index (χ0v) is 13.8. The zero-order chi connectivity index (χ0) is 11.9. The molecule has 0 spiro atoms. The number of halogens is 3. The Balaban J connectivity index is 0.00000162. The number of rotatable bonds is 5. The maximum atomic E-state index is 5.32. The minimum atomic E-state index is 0. The molecule has 1 aliphatic heterocycles. The molecule has 2 rings (SSSR count). The van der Waals surface area contributed by atoms with Gasteiger partial charge in [-0.25, -0.2) is 0 Å². The van der Waals surface area contributed by atoms with Crippen LogP contribution in [0.15, 0.2) is 28.7 Å². The Labute approximate surface area is 136 Å². The summed E-state index contributed by atoms with van der Waals surface area (Å²) in [6.07, 6.45) is 0. The van der Waals surface area contributed by atoms with Crippen LogP contribution in [0.3, 0.4) is 0 Å². The van der Waals surface area contributed by atoms with Crippen LogP contribution in [0, 0.1) is 0 Å². The van der Waals surface area contributed by atoms with Crippen LogP contribution >= 0.6 is 15.9 Å². The van der Waals surface area contributed by atoms with Crippen LogP contribution in [0.5, 0.6) is 0 Å². The third-order valence-electron chi connectivity index (χ3n) is 2.93. The molecule has 6 heteroatoms. The van der Waals surface area contributed by atoms with Gasteiger partial charge in [0.1, 0.15) is 0 Å². The third kappa shape index (κ3) is 7.49. The van der Waals surface area contributed by atoms with Crippen molar-refractivity contribution in [3.05, 3.63) is 34.3 Å². The van der Waals surface area contributed by atoms with Crippen molar-refractivity contribution in [2.45, 2.75) is 6.54 Å². The number of morpholine rings is 1. The van der Waals surface area contributed by atoms with E-state index in [1.165, 1.54) is 5.56 Å². The van der Waals surface area contributed by atoms with E-state index < -0.39 is 0 Å². The van der Waals surface area contributed by atoms with E-state index in [-0.39, 0.29) is 24.8 Å². The Morgan fingerprint density at radius 2 is 1.95 bits per heavy atom. The van der Waals surface area contributed by atoms with Crippen LogP contribution in [0.4, 0.5) is 0 Å². The quantitative estimate of drug-likeness (QED) is 0.534. The largest absolute Gasteiger partial charge is 1.00 e. The van der Waals surface area contributed by atoms with Gasteiger partial charge < -0.3 is 34.9 Å². The lowest BCUT2D eigenvalue weighted by Gasteiger charge is -2.26. The third-order valence-corrected chi connectivity index (χ3v) is 3.42. The summed E-state index contributed by atoms with van der Waals surface area (Å²) >= 11 is 3.48. The molecule has 1 N–H and O–H groups in total. The highest BCUT2D eigenvalue weighted by atomic mass is 79.9. The normalized spacial score (nSPS) is 15.4. The molecule has 1 aromatic rings. The summed E-state index contributed by atoms with van der Waals surface area (Å²) < 4.78 is 6.46. The van der Waals surface area contributed by atoms with Crippen LogP contribution in [-0.2, 0) is 11.3 Å². The second kappa shape index (κ2) is 10.9. The molecule has 0 saturated carbocycles. The van der Waals surface area contributed by atoms with Gasteiger partial charge in [0.15, 0.2) is 0 Å². The van der Waals surface area contributed by atoms with Crippen molar-refractivity contribution in [2.24, 2.45) is 0 Å². The fraction of sp³-hybridized carbons (Fsp3) is 0.538.